The SMILES string of the molecule is CC1(c2nc(C3CCCCN3)no2)CCCO1. The fraction of sp³-hybridized carbons (Fsp3) is 0.833. The fourth-order valence-electron chi connectivity index (χ4n) is 2.61. The van der Waals surface area contributed by atoms with Crippen LogP contribution in [0.4, 0.5) is 0 Å². The van der Waals surface area contributed by atoms with Crippen LogP contribution in [0.3, 0.4) is 0 Å². The van der Waals surface area contributed by atoms with Crippen LogP contribution in [0.1, 0.15) is 56.8 Å². The summed E-state index contributed by atoms with van der Waals surface area (Å²) in [5.74, 6) is 1.42. The summed E-state index contributed by atoms with van der Waals surface area (Å²) in [4.78, 5) is 4.52. The molecule has 0 aromatic carbocycles. The van der Waals surface area contributed by atoms with Gasteiger partial charge in [0, 0.05) is 6.61 Å². The first kappa shape index (κ1) is 11.2. The van der Waals surface area contributed by atoms with Gasteiger partial charge in [-0.2, -0.15) is 4.98 Å². The van der Waals surface area contributed by atoms with Crippen molar-refractivity contribution in [3.63, 3.8) is 0 Å². The second kappa shape index (κ2) is 4.38. The topological polar surface area (TPSA) is 60.2 Å². The highest BCUT2D eigenvalue weighted by atomic mass is 16.5. The summed E-state index contributed by atoms with van der Waals surface area (Å²) in [6.07, 6.45) is 5.59. The zero-order valence-corrected chi connectivity index (χ0v) is 10.2. The number of piperidine rings is 1. The molecule has 2 saturated heterocycles. The largest absolute Gasteiger partial charge is 0.365 e. The van der Waals surface area contributed by atoms with Gasteiger partial charge in [0.2, 0.25) is 0 Å². The van der Waals surface area contributed by atoms with Crippen molar-refractivity contribution in [1.29, 1.82) is 0 Å². The summed E-state index contributed by atoms with van der Waals surface area (Å²) >= 11 is 0. The Balaban J connectivity index is 1.77. The zero-order chi connectivity index (χ0) is 11.7. The van der Waals surface area contributed by atoms with Gasteiger partial charge in [0.05, 0.1) is 6.04 Å². The van der Waals surface area contributed by atoms with E-state index in [0.29, 0.717) is 5.89 Å². The van der Waals surface area contributed by atoms with E-state index in [0.717, 1.165) is 38.2 Å². The molecule has 2 fully saturated rings. The normalized spacial score (nSPS) is 34.1. The van der Waals surface area contributed by atoms with Crippen LogP contribution in [-0.2, 0) is 10.3 Å². The first-order valence-corrected chi connectivity index (χ1v) is 6.49. The molecule has 2 unspecified atom stereocenters. The Hall–Kier alpha value is -0.940. The number of rotatable bonds is 2. The van der Waals surface area contributed by atoms with Gasteiger partial charge in [-0.05, 0) is 39.2 Å². The minimum Gasteiger partial charge on any atom is -0.365 e. The van der Waals surface area contributed by atoms with Gasteiger partial charge in [-0.1, -0.05) is 11.6 Å². The standard InChI is InChI=1S/C12H19N3O2/c1-12(6-4-8-16-12)11-14-10(15-17-11)9-5-2-3-7-13-9/h9,13H,2-8H2,1H3. The van der Waals surface area contributed by atoms with Crippen LogP contribution >= 0.6 is 0 Å². The highest BCUT2D eigenvalue weighted by Gasteiger charge is 2.38. The van der Waals surface area contributed by atoms with Crippen molar-refractivity contribution in [1.82, 2.24) is 15.5 Å². The minimum atomic E-state index is -0.361. The minimum absolute atomic E-state index is 0.256. The van der Waals surface area contributed by atoms with Crippen molar-refractivity contribution in [2.75, 3.05) is 13.2 Å². The first-order valence-electron chi connectivity index (χ1n) is 6.49. The number of aromatic nitrogens is 2. The smallest absolute Gasteiger partial charge is 0.258 e. The fourth-order valence-corrected chi connectivity index (χ4v) is 2.61. The van der Waals surface area contributed by atoms with Gasteiger partial charge in [0.25, 0.3) is 5.89 Å². The molecule has 2 atom stereocenters. The van der Waals surface area contributed by atoms with Crippen molar-refractivity contribution >= 4 is 0 Å². The lowest BCUT2D eigenvalue weighted by Crippen LogP contribution is -2.28. The first-order chi connectivity index (χ1) is 8.28. The Morgan fingerprint density at radius 3 is 3.00 bits per heavy atom. The summed E-state index contributed by atoms with van der Waals surface area (Å²) < 4.78 is 11.1. The summed E-state index contributed by atoms with van der Waals surface area (Å²) in [6, 6.07) is 0.256. The molecule has 0 aliphatic carbocycles. The van der Waals surface area contributed by atoms with E-state index in [9.17, 15) is 0 Å². The molecule has 3 rings (SSSR count). The zero-order valence-electron chi connectivity index (χ0n) is 10.2. The van der Waals surface area contributed by atoms with Crippen molar-refractivity contribution < 1.29 is 9.26 Å². The molecular formula is C12H19N3O2. The maximum atomic E-state index is 5.71. The number of hydrogen-bond acceptors (Lipinski definition) is 5. The Morgan fingerprint density at radius 1 is 1.35 bits per heavy atom. The molecule has 0 saturated carbocycles. The molecule has 17 heavy (non-hydrogen) atoms. The van der Waals surface area contributed by atoms with Gasteiger partial charge >= 0.3 is 0 Å². The van der Waals surface area contributed by atoms with E-state index in [-0.39, 0.29) is 11.6 Å². The van der Waals surface area contributed by atoms with E-state index in [2.05, 4.69) is 15.5 Å². The van der Waals surface area contributed by atoms with Gasteiger partial charge in [0.1, 0.15) is 5.60 Å². The monoisotopic (exact) mass is 237 g/mol. The van der Waals surface area contributed by atoms with Crippen LogP contribution in [0.2, 0.25) is 0 Å². The number of nitrogens with one attached hydrogen (secondary N) is 1. The molecule has 1 aromatic heterocycles. The Morgan fingerprint density at radius 2 is 2.29 bits per heavy atom. The van der Waals surface area contributed by atoms with E-state index in [1.165, 1.54) is 12.8 Å². The number of ether oxygens (including phenoxy) is 1. The molecule has 2 aliphatic rings. The second-order valence-corrected chi connectivity index (χ2v) is 5.14. The van der Waals surface area contributed by atoms with Gasteiger partial charge in [-0.15, -0.1) is 0 Å². The molecule has 0 amide bonds. The van der Waals surface area contributed by atoms with Gasteiger partial charge in [-0.3, -0.25) is 0 Å². The van der Waals surface area contributed by atoms with Gasteiger partial charge < -0.3 is 14.6 Å². The van der Waals surface area contributed by atoms with Crippen LogP contribution in [0.5, 0.6) is 0 Å². The third-order valence-electron chi connectivity index (χ3n) is 3.73. The summed E-state index contributed by atoms with van der Waals surface area (Å²) in [6.45, 7) is 3.86. The van der Waals surface area contributed by atoms with Crippen molar-refractivity contribution in [2.45, 2.75) is 50.7 Å². The molecule has 5 heteroatoms. The van der Waals surface area contributed by atoms with E-state index in [4.69, 9.17) is 9.26 Å². The lowest BCUT2D eigenvalue weighted by atomic mass is 10.0. The lowest BCUT2D eigenvalue weighted by Gasteiger charge is -2.20. The van der Waals surface area contributed by atoms with Crippen LogP contribution in [0.15, 0.2) is 4.52 Å². The van der Waals surface area contributed by atoms with E-state index in [1.807, 2.05) is 6.92 Å². The lowest BCUT2D eigenvalue weighted by molar-refractivity contribution is -0.00937. The van der Waals surface area contributed by atoms with Crippen molar-refractivity contribution in [3.8, 4) is 0 Å². The Labute approximate surface area is 101 Å². The molecule has 1 N–H and O–H groups in total. The average Bonchev–Trinajstić information content (AvgIpc) is 2.99. The molecule has 94 valence electrons. The maximum Gasteiger partial charge on any atom is 0.258 e. The predicted octanol–water partition coefficient (Wildman–Crippen LogP) is 1.91. The van der Waals surface area contributed by atoms with Crippen LogP contribution < -0.4 is 5.32 Å². The predicted molar refractivity (Wildman–Crippen MR) is 61.4 cm³/mol. The molecule has 3 heterocycles. The summed E-state index contributed by atoms with van der Waals surface area (Å²) in [5.41, 5.74) is -0.361. The summed E-state index contributed by atoms with van der Waals surface area (Å²) in [5, 5.41) is 7.53. The van der Waals surface area contributed by atoms with E-state index >= 15 is 0 Å². The average molecular weight is 237 g/mol. The highest BCUT2D eigenvalue weighted by Crippen LogP contribution is 2.35. The quantitative estimate of drug-likeness (QED) is 0.851. The molecule has 1 aromatic rings. The molecule has 0 spiro atoms. The van der Waals surface area contributed by atoms with E-state index in [1.54, 1.807) is 0 Å². The van der Waals surface area contributed by atoms with Crippen LogP contribution in [0, 0.1) is 0 Å². The molecule has 5 nitrogen and oxygen atoms in total. The molecule has 0 bridgehead atoms. The van der Waals surface area contributed by atoms with E-state index < -0.39 is 0 Å². The van der Waals surface area contributed by atoms with Crippen molar-refractivity contribution in [3.05, 3.63) is 11.7 Å². The Bertz CT molecular complexity index is 379. The summed E-state index contributed by atoms with van der Waals surface area (Å²) in [7, 11) is 0. The number of hydrogen-bond donors (Lipinski definition) is 1. The third kappa shape index (κ3) is 2.09. The van der Waals surface area contributed by atoms with Crippen molar-refractivity contribution in [2.24, 2.45) is 0 Å². The molecule has 2 aliphatic heterocycles. The van der Waals surface area contributed by atoms with Gasteiger partial charge in [0.15, 0.2) is 5.82 Å². The number of nitrogens with zero attached hydrogens (tertiary/aromatic N) is 2. The maximum absolute atomic E-state index is 5.71. The Kier molecular flexibility index (Phi) is 2.88. The molecular weight excluding hydrogens is 218 g/mol. The van der Waals surface area contributed by atoms with Crippen LogP contribution in [-0.4, -0.2) is 23.3 Å². The highest BCUT2D eigenvalue weighted by molar-refractivity contribution is 5.03. The second-order valence-electron chi connectivity index (χ2n) is 5.14. The van der Waals surface area contributed by atoms with Gasteiger partial charge in [-0.25, -0.2) is 0 Å². The molecule has 0 radical (unpaired) electrons. The van der Waals surface area contributed by atoms with Crippen LogP contribution in [0.25, 0.3) is 0 Å². The third-order valence-corrected chi connectivity index (χ3v) is 3.73.